The number of hydrogen-bond acceptors (Lipinski definition) is 4. The Kier molecular flexibility index (Phi) is 6.10. The van der Waals surface area contributed by atoms with Crippen LogP contribution >= 0.6 is 11.6 Å². The first kappa shape index (κ1) is 16.3. The van der Waals surface area contributed by atoms with Gasteiger partial charge in [0.25, 0.3) is 0 Å². The van der Waals surface area contributed by atoms with E-state index in [1.54, 1.807) is 18.2 Å². The maximum atomic E-state index is 11.6. The van der Waals surface area contributed by atoms with E-state index >= 15 is 0 Å². The van der Waals surface area contributed by atoms with Gasteiger partial charge in [0.15, 0.2) is 9.84 Å². The second kappa shape index (κ2) is 7.12. The zero-order valence-corrected chi connectivity index (χ0v) is 12.8. The summed E-state index contributed by atoms with van der Waals surface area (Å²) in [7, 11) is -3.03. The molecule has 0 saturated heterocycles. The quantitative estimate of drug-likeness (QED) is 0.840. The lowest BCUT2D eigenvalue weighted by Gasteiger charge is -2.14. The predicted octanol–water partition coefficient (Wildman–Crippen LogP) is 2.56. The third-order valence-corrected chi connectivity index (χ3v) is 4.68. The van der Waals surface area contributed by atoms with Crippen LogP contribution in [0.4, 0.5) is 0 Å². The Bertz CT molecular complexity index is 515. The van der Waals surface area contributed by atoms with Crippen LogP contribution in [-0.2, 0) is 9.84 Å². The fourth-order valence-corrected chi connectivity index (χ4v) is 3.04. The number of nitrogens with two attached hydrogens (primary N) is 1. The molecule has 0 aliphatic rings. The average Bonchev–Trinajstić information content (AvgIpc) is 2.30. The van der Waals surface area contributed by atoms with Gasteiger partial charge in [-0.3, -0.25) is 0 Å². The molecule has 0 aromatic heterocycles. The average molecular weight is 306 g/mol. The van der Waals surface area contributed by atoms with Gasteiger partial charge in [-0.05, 0) is 31.5 Å². The van der Waals surface area contributed by atoms with Gasteiger partial charge in [0.05, 0.1) is 11.5 Å². The molecule has 4 nitrogen and oxygen atoms in total. The van der Waals surface area contributed by atoms with Gasteiger partial charge in [-0.25, -0.2) is 8.42 Å². The van der Waals surface area contributed by atoms with E-state index in [1.807, 2.05) is 13.8 Å². The monoisotopic (exact) mass is 305 g/mol. The van der Waals surface area contributed by atoms with Crippen molar-refractivity contribution < 1.29 is 13.2 Å². The van der Waals surface area contributed by atoms with E-state index in [0.717, 1.165) is 5.56 Å². The van der Waals surface area contributed by atoms with Crippen molar-refractivity contribution in [3.63, 3.8) is 0 Å². The number of hydrogen-bond donors (Lipinski definition) is 1. The molecule has 0 heterocycles. The number of rotatable bonds is 7. The molecule has 19 heavy (non-hydrogen) atoms. The number of ether oxygens (including phenoxy) is 1. The van der Waals surface area contributed by atoms with E-state index in [1.165, 1.54) is 0 Å². The highest BCUT2D eigenvalue weighted by Crippen LogP contribution is 2.27. The Morgan fingerprint density at radius 2 is 2.05 bits per heavy atom. The Morgan fingerprint density at radius 3 is 2.63 bits per heavy atom. The molecule has 108 valence electrons. The summed E-state index contributed by atoms with van der Waals surface area (Å²) < 4.78 is 28.7. The van der Waals surface area contributed by atoms with Crippen LogP contribution in [0.2, 0.25) is 5.02 Å². The van der Waals surface area contributed by atoms with Crippen molar-refractivity contribution in [1.82, 2.24) is 0 Å². The van der Waals surface area contributed by atoms with E-state index in [0.29, 0.717) is 17.2 Å². The zero-order chi connectivity index (χ0) is 14.5. The molecular formula is C13H20ClNO3S. The van der Waals surface area contributed by atoms with Crippen LogP contribution in [0.5, 0.6) is 5.75 Å². The van der Waals surface area contributed by atoms with Gasteiger partial charge in [-0.1, -0.05) is 18.5 Å². The summed E-state index contributed by atoms with van der Waals surface area (Å²) in [6, 6.07) is 4.93. The summed E-state index contributed by atoms with van der Waals surface area (Å²) in [5.74, 6) is 0.796. The topological polar surface area (TPSA) is 69.4 Å². The summed E-state index contributed by atoms with van der Waals surface area (Å²) in [5, 5.41) is 0.582. The van der Waals surface area contributed by atoms with Gasteiger partial charge in [-0.2, -0.15) is 0 Å². The molecule has 1 aromatic rings. The fraction of sp³-hybridized carbons (Fsp3) is 0.538. The van der Waals surface area contributed by atoms with Crippen molar-refractivity contribution in [3.05, 3.63) is 28.8 Å². The summed E-state index contributed by atoms with van der Waals surface area (Å²) >= 11 is 5.90. The molecule has 0 fully saturated rings. The van der Waals surface area contributed by atoms with E-state index in [9.17, 15) is 8.42 Å². The van der Waals surface area contributed by atoms with Crippen molar-refractivity contribution in [2.45, 2.75) is 26.3 Å². The molecule has 0 bridgehead atoms. The van der Waals surface area contributed by atoms with Gasteiger partial charge in [0, 0.05) is 16.6 Å². The number of benzene rings is 1. The highest BCUT2D eigenvalue weighted by molar-refractivity contribution is 7.91. The van der Waals surface area contributed by atoms with Gasteiger partial charge in [0.1, 0.15) is 12.4 Å². The lowest BCUT2D eigenvalue weighted by molar-refractivity contribution is 0.335. The fourth-order valence-electron chi connectivity index (χ4n) is 1.70. The highest BCUT2D eigenvalue weighted by Gasteiger charge is 2.12. The zero-order valence-electron chi connectivity index (χ0n) is 11.2. The first-order valence-electron chi connectivity index (χ1n) is 6.24. The minimum absolute atomic E-state index is 0.0157. The highest BCUT2D eigenvalue weighted by atomic mass is 35.5. The molecule has 6 heteroatoms. The van der Waals surface area contributed by atoms with Crippen molar-refractivity contribution >= 4 is 21.4 Å². The molecule has 0 saturated carbocycles. The summed E-state index contributed by atoms with van der Waals surface area (Å²) in [6.07, 6.45) is 0.619. The van der Waals surface area contributed by atoms with Gasteiger partial charge >= 0.3 is 0 Å². The predicted molar refractivity (Wildman–Crippen MR) is 78.5 cm³/mol. The van der Waals surface area contributed by atoms with Crippen LogP contribution in [0, 0.1) is 0 Å². The minimum atomic E-state index is -3.03. The lowest BCUT2D eigenvalue weighted by Crippen LogP contribution is -2.17. The molecule has 0 amide bonds. The van der Waals surface area contributed by atoms with Crippen molar-refractivity contribution in [2.24, 2.45) is 5.73 Å². The summed E-state index contributed by atoms with van der Waals surface area (Å²) in [6.45, 7) is 3.79. The normalized spacial score (nSPS) is 13.3. The Morgan fingerprint density at radius 1 is 1.37 bits per heavy atom. The van der Waals surface area contributed by atoms with Gasteiger partial charge in [0.2, 0.25) is 0 Å². The van der Waals surface area contributed by atoms with E-state index in [2.05, 4.69) is 0 Å². The SMILES string of the molecule is CCCS(=O)(=O)CCOc1ccc(Cl)cc1C(C)N. The smallest absolute Gasteiger partial charge is 0.153 e. The van der Waals surface area contributed by atoms with E-state index in [-0.39, 0.29) is 24.2 Å². The maximum Gasteiger partial charge on any atom is 0.153 e. The standard InChI is InChI=1S/C13H20ClNO3S/c1-3-7-19(16,17)8-6-18-13-5-4-11(14)9-12(13)10(2)15/h4-5,9-10H,3,6-8,15H2,1-2H3. The number of halogens is 1. The third-order valence-electron chi connectivity index (χ3n) is 2.63. The lowest BCUT2D eigenvalue weighted by atomic mass is 10.1. The number of sulfone groups is 1. The Labute approximate surface area is 119 Å². The van der Waals surface area contributed by atoms with Gasteiger partial charge < -0.3 is 10.5 Å². The Hall–Kier alpha value is -0.780. The Balaban J connectivity index is 2.68. The molecule has 0 aliphatic heterocycles. The molecule has 1 unspecified atom stereocenters. The molecule has 0 radical (unpaired) electrons. The second-order valence-electron chi connectivity index (χ2n) is 4.47. The van der Waals surface area contributed by atoms with Crippen LogP contribution < -0.4 is 10.5 Å². The van der Waals surface area contributed by atoms with Crippen LogP contribution in [0.3, 0.4) is 0 Å². The molecule has 0 aliphatic carbocycles. The van der Waals surface area contributed by atoms with Crippen LogP contribution in [0.15, 0.2) is 18.2 Å². The van der Waals surface area contributed by atoms with Crippen molar-refractivity contribution in [1.29, 1.82) is 0 Å². The van der Waals surface area contributed by atoms with E-state index in [4.69, 9.17) is 22.1 Å². The molecule has 2 N–H and O–H groups in total. The van der Waals surface area contributed by atoms with Crippen LogP contribution in [-0.4, -0.2) is 26.5 Å². The molecular weight excluding hydrogens is 286 g/mol. The van der Waals surface area contributed by atoms with Gasteiger partial charge in [-0.15, -0.1) is 0 Å². The van der Waals surface area contributed by atoms with Crippen LogP contribution in [0.1, 0.15) is 31.9 Å². The van der Waals surface area contributed by atoms with Crippen LogP contribution in [0.25, 0.3) is 0 Å². The molecule has 1 rings (SSSR count). The minimum Gasteiger partial charge on any atom is -0.492 e. The maximum absolute atomic E-state index is 11.6. The molecule has 1 aromatic carbocycles. The first-order chi connectivity index (χ1) is 8.85. The first-order valence-corrected chi connectivity index (χ1v) is 8.44. The van der Waals surface area contributed by atoms with Crippen molar-refractivity contribution in [2.75, 3.05) is 18.1 Å². The largest absolute Gasteiger partial charge is 0.492 e. The van der Waals surface area contributed by atoms with E-state index < -0.39 is 9.84 Å². The van der Waals surface area contributed by atoms with Crippen molar-refractivity contribution in [3.8, 4) is 5.75 Å². The third kappa shape index (κ3) is 5.38. The summed E-state index contributed by atoms with van der Waals surface area (Å²) in [5.41, 5.74) is 6.61. The summed E-state index contributed by atoms with van der Waals surface area (Å²) in [4.78, 5) is 0. The second-order valence-corrected chi connectivity index (χ2v) is 7.21. The molecule has 1 atom stereocenters. The molecule has 0 spiro atoms.